The van der Waals surface area contributed by atoms with Crippen LogP contribution in [0.15, 0.2) is 86.0 Å². The van der Waals surface area contributed by atoms with E-state index in [0.717, 1.165) is 136 Å². The number of urea groups is 2. The van der Waals surface area contributed by atoms with Crippen molar-refractivity contribution in [1.29, 1.82) is 0 Å². The van der Waals surface area contributed by atoms with E-state index in [1.807, 2.05) is 73.5 Å². The van der Waals surface area contributed by atoms with Gasteiger partial charge in [-0.05, 0) is 55.2 Å². The fourth-order valence-corrected chi connectivity index (χ4v) is 8.45. The summed E-state index contributed by atoms with van der Waals surface area (Å²) in [6.07, 6.45) is 6.36. The smallest absolute Gasteiger partial charge is 0.333 e. The van der Waals surface area contributed by atoms with Gasteiger partial charge in [0, 0.05) is 173 Å². The highest BCUT2D eigenvalue weighted by Crippen LogP contribution is 2.26. The molecule has 8 fully saturated rings. The number of anilines is 2. The lowest BCUT2D eigenvalue weighted by Crippen LogP contribution is -2.39. The molecular formula is C63H95N11O12S. The van der Waals surface area contributed by atoms with Gasteiger partial charge in [-0.2, -0.15) is 0 Å². The molecule has 87 heavy (non-hydrogen) atoms. The fraction of sp³-hybridized carbons (Fsp3) is 0.603. The summed E-state index contributed by atoms with van der Waals surface area (Å²) in [6.45, 7) is 37.7. The first-order chi connectivity index (χ1) is 42.1. The Balaban J connectivity index is 0.000000188. The second-order valence-corrected chi connectivity index (χ2v) is 23.8. The van der Waals surface area contributed by atoms with E-state index in [-0.39, 0.29) is 61.7 Å². The Morgan fingerprint density at radius 3 is 1.25 bits per heavy atom. The quantitative estimate of drug-likeness (QED) is 0.0162. The molecule has 2 aromatic carbocycles. The summed E-state index contributed by atoms with van der Waals surface area (Å²) < 4.78 is 28.5. The molecule has 0 aromatic heterocycles. The van der Waals surface area contributed by atoms with Gasteiger partial charge in [0.05, 0.1) is 31.1 Å². The maximum atomic E-state index is 12.1. The van der Waals surface area contributed by atoms with Crippen molar-refractivity contribution in [3.63, 3.8) is 0 Å². The zero-order valence-electron chi connectivity index (χ0n) is 51.5. The van der Waals surface area contributed by atoms with Crippen LogP contribution in [0, 0.1) is 5.41 Å². The summed E-state index contributed by atoms with van der Waals surface area (Å²) in [6, 6.07) is 15.7. The van der Waals surface area contributed by atoms with E-state index in [4.69, 9.17) is 23.7 Å². The number of nitrogens with one attached hydrogen (secondary N) is 3. The Bertz CT molecular complexity index is 2370. The normalized spacial score (nSPS) is 16.8. The Morgan fingerprint density at radius 1 is 0.529 bits per heavy atom. The number of carbonyl (C=O) groups is 7. The molecule has 3 N–H and O–H groups in total. The number of hydrogen-bond acceptors (Lipinski definition) is 20. The summed E-state index contributed by atoms with van der Waals surface area (Å²) in [5.74, 6) is -0.0571. The molecule has 0 spiro atoms. The minimum absolute atomic E-state index is 0.0343. The van der Waals surface area contributed by atoms with Gasteiger partial charge in [-0.3, -0.25) is 24.1 Å². The molecule has 8 aliphatic heterocycles. The van der Waals surface area contributed by atoms with Gasteiger partial charge in [-0.25, -0.2) is 18.7 Å². The van der Waals surface area contributed by atoms with E-state index in [1.54, 1.807) is 22.8 Å². The topological polar surface area (TPSA) is 226 Å². The van der Waals surface area contributed by atoms with Gasteiger partial charge < -0.3 is 69.0 Å². The van der Waals surface area contributed by atoms with Gasteiger partial charge in [-0.1, -0.05) is 68.4 Å². The number of ether oxygens (including phenoxy) is 5. The second kappa shape index (κ2) is 38.1. The van der Waals surface area contributed by atoms with Crippen molar-refractivity contribution >= 4 is 65.2 Å². The zero-order valence-corrected chi connectivity index (χ0v) is 52.3. The molecule has 2 aromatic rings. The van der Waals surface area contributed by atoms with Crippen LogP contribution >= 0.6 is 11.9 Å². The maximum absolute atomic E-state index is 12.1. The molecule has 0 radical (unpaired) electrons. The molecule has 0 bridgehead atoms. The first kappa shape index (κ1) is 69.7. The fourth-order valence-electron chi connectivity index (χ4n) is 7.61. The average Bonchev–Trinajstić information content (AvgIpc) is 4.45. The first-order valence-corrected chi connectivity index (χ1v) is 31.7. The summed E-state index contributed by atoms with van der Waals surface area (Å²) in [5, 5.41) is 9.01. The number of rotatable bonds is 35. The number of amides is 4. The summed E-state index contributed by atoms with van der Waals surface area (Å²) in [7, 11) is 0. The van der Waals surface area contributed by atoms with E-state index in [1.165, 1.54) is 30.0 Å². The Kier molecular flexibility index (Phi) is 30.5. The predicted octanol–water partition coefficient (Wildman–Crippen LogP) is 4.67. The van der Waals surface area contributed by atoms with Gasteiger partial charge in [0.2, 0.25) is 0 Å². The highest BCUT2D eigenvalue weighted by molar-refractivity contribution is 7.97. The lowest BCUT2D eigenvalue weighted by atomic mass is 9.88. The van der Waals surface area contributed by atoms with Crippen LogP contribution in [0.4, 0.5) is 21.0 Å². The standard InChI is InChI=1S/C21H35N3O6.C19H20N4O2.2C8H13NO2.C7H14N2S/c1-2-21(15-28-18(25)3-6-22-9-10-22,16-29-19(26)4-7-23-11-12-23)17-30-20(27)5-8-24-13-14-24;24-18(22-9-10-22)20-16-5-1-14(2-6-16)13-15-3-7-17(8-4-15)21-19(25)23-11-12-23;1-7(2)8(10)11-6-5-9-3-4-9;1-2-7-11-8(10)3-4-9-5-6-9;1-2-3-8-4-7-10-9-5-6-9/h2-17H2,1H3;1-8H,9-13H2,(H,20,24)(H,21,25);1,3-6H2,2H3;2H,1,3-7H2;2,8H,1,3-7H2. The summed E-state index contributed by atoms with van der Waals surface area (Å²) >= 11 is 1.93. The monoisotopic (exact) mass is 1230 g/mol. The second-order valence-electron chi connectivity index (χ2n) is 22.6. The third kappa shape index (κ3) is 33.5. The molecule has 24 heteroatoms. The highest BCUT2D eigenvalue weighted by atomic mass is 32.2. The van der Waals surface area contributed by atoms with Gasteiger partial charge in [-0.15, -0.1) is 6.58 Å². The van der Waals surface area contributed by atoms with E-state index < -0.39 is 5.41 Å². The van der Waals surface area contributed by atoms with Crippen LogP contribution < -0.4 is 16.0 Å². The van der Waals surface area contributed by atoms with Crippen LogP contribution in [0.2, 0.25) is 0 Å². The average molecular weight is 1230 g/mol. The van der Waals surface area contributed by atoms with Crippen LogP contribution in [-0.4, -0.2) is 270 Å². The van der Waals surface area contributed by atoms with Crippen molar-refractivity contribution in [2.45, 2.75) is 52.4 Å². The van der Waals surface area contributed by atoms with E-state index in [9.17, 15) is 33.6 Å². The molecule has 8 saturated heterocycles. The molecule has 4 amide bonds. The lowest BCUT2D eigenvalue weighted by Gasteiger charge is -2.31. The van der Waals surface area contributed by atoms with Gasteiger partial charge >= 0.3 is 41.9 Å². The third-order valence-electron chi connectivity index (χ3n) is 14.5. The minimum Gasteiger partial charge on any atom is -0.465 e. The molecule has 8 aliphatic rings. The van der Waals surface area contributed by atoms with Crippen molar-refractivity contribution < 1.29 is 57.2 Å². The van der Waals surface area contributed by atoms with Crippen molar-refractivity contribution in [2.24, 2.45) is 5.41 Å². The molecule has 10 rings (SSSR count). The number of nitrogens with zero attached hydrogens (tertiary/aromatic N) is 8. The number of carbonyl (C=O) groups excluding carboxylic acids is 7. The van der Waals surface area contributed by atoms with Crippen LogP contribution in [0.1, 0.15) is 57.1 Å². The van der Waals surface area contributed by atoms with Gasteiger partial charge in [0.1, 0.15) is 33.0 Å². The molecule has 480 valence electrons. The van der Waals surface area contributed by atoms with Crippen molar-refractivity contribution in [2.75, 3.05) is 200 Å². The molecule has 23 nitrogen and oxygen atoms in total. The van der Waals surface area contributed by atoms with Crippen LogP contribution in [0.3, 0.4) is 0 Å². The Hall–Kier alpha value is -6.38. The predicted molar refractivity (Wildman–Crippen MR) is 337 cm³/mol. The third-order valence-corrected chi connectivity index (χ3v) is 15.6. The van der Waals surface area contributed by atoms with E-state index >= 15 is 0 Å². The largest absolute Gasteiger partial charge is 0.465 e. The highest BCUT2D eigenvalue weighted by Gasteiger charge is 2.35. The molecule has 0 aliphatic carbocycles. The molecule has 8 heterocycles. The Labute approximate surface area is 519 Å². The SMILES string of the molecule is C=C(C)C(=O)OCCN1CC1.C=CCNCCSN1CC1.C=CCOC(=O)CCN1CC1.CCC(COC(=O)CCN1CC1)(COC(=O)CCN1CC1)COC(=O)CCN1CC1.O=C(Nc1ccc(Cc2ccc(NC(=O)N3CC3)cc2)cc1)N1CC1. The van der Waals surface area contributed by atoms with Gasteiger partial charge in [0.15, 0.2) is 0 Å². The summed E-state index contributed by atoms with van der Waals surface area (Å²) in [4.78, 5) is 95.7. The zero-order chi connectivity index (χ0) is 62.2. The minimum atomic E-state index is -0.722. The molecule has 0 saturated carbocycles. The summed E-state index contributed by atoms with van der Waals surface area (Å²) in [5.41, 5.74) is 3.72. The van der Waals surface area contributed by atoms with E-state index in [2.05, 4.69) is 64.5 Å². The molecule has 0 unspecified atom stereocenters. The first-order valence-electron chi connectivity index (χ1n) is 30.8. The van der Waals surface area contributed by atoms with Crippen LogP contribution in [0.5, 0.6) is 0 Å². The number of esters is 5. The van der Waals surface area contributed by atoms with Crippen LogP contribution in [0.25, 0.3) is 0 Å². The van der Waals surface area contributed by atoms with Crippen molar-refractivity contribution in [3.8, 4) is 0 Å². The van der Waals surface area contributed by atoms with Crippen molar-refractivity contribution in [1.82, 2.24) is 43.9 Å². The molecular weight excluding hydrogens is 1130 g/mol. The van der Waals surface area contributed by atoms with E-state index in [0.29, 0.717) is 70.5 Å². The van der Waals surface area contributed by atoms with Crippen LogP contribution in [-0.2, 0) is 54.1 Å². The van der Waals surface area contributed by atoms with Crippen molar-refractivity contribution in [3.05, 3.63) is 97.1 Å². The number of benzene rings is 2. The Morgan fingerprint density at radius 2 is 0.920 bits per heavy atom. The maximum Gasteiger partial charge on any atom is 0.333 e. The molecule has 0 atom stereocenters. The lowest BCUT2D eigenvalue weighted by molar-refractivity contribution is -0.162. The number of hydrogen-bond donors (Lipinski definition) is 3. The van der Waals surface area contributed by atoms with Gasteiger partial charge in [0.25, 0.3) is 0 Å².